The topological polar surface area (TPSA) is 38.2 Å². The summed E-state index contributed by atoms with van der Waals surface area (Å²) in [6.45, 7) is 2.34. The van der Waals surface area contributed by atoms with Crippen molar-refractivity contribution < 1.29 is 0 Å². The molecule has 0 bridgehead atoms. The second kappa shape index (κ2) is 7.96. The minimum Gasteiger partial charge on any atom is -0.344 e. The minimum absolute atomic E-state index is 0. The van der Waals surface area contributed by atoms with Crippen molar-refractivity contribution in [1.29, 1.82) is 0 Å². The molecule has 112 valence electrons. The third-order valence-electron chi connectivity index (χ3n) is 4.29. The molecular weight excluding hydrogens is 256 g/mol. The van der Waals surface area contributed by atoms with Gasteiger partial charge in [-0.15, -0.1) is 0 Å². The third-order valence-corrected chi connectivity index (χ3v) is 4.29. The van der Waals surface area contributed by atoms with Crippen molar-refractivity contribution in [3.05, 3.63) is 71.8 Å². The lowest BCUT2D eigenvalue weighted by atomic mass is 9.95. The number of piperidine rings is 1. The maximum absolute atomic E-state index is 2.67. The van der Waals surface area contributed by atoms with Crippen LogP contribution in [-0.4, -0.2) is 17.5 Å². The van der Waals surface area contributed by atoms with Gasteiger partial charge in [-0.3, -0.25) is 4.90 Å². The second-order valence-corrected chi connectivity index (χ2v) is 5.80. The van der Waals surface area contributed by atoms with E-state index in [0.29, 0.717) is 6.04 Å². The van der Waals surface area contributed by atoms with Gasteiger partial charge < -0.3 is 6.15 Å². The summed E-state index contributed by atoms with van der Waals surface area (Å²) < 4.78 is 0. The first-order valence-electron chi connectivity index (χ1n) is 7.74. The van der Waals surface area contributed by atoms with Gasteiger partial charge in [0, 0.05) is 12.6 Å². The predicted octanol–water partition coefficient (Wildman–Crippen LogP) is 4.45. The van der Waals surface area contributed by atoms with Crippen LogP contribution >= 0.6 is 0 Å². The Hall–Kier alpha value is -1.64. The fourth-order valence-corrected chi connectivity index (χ4v) is 3.20. The van der Waals surface area contributed by atoms with Gasteiger partial charge in [-0.25, -0.2) is 0 Å². The molecule has 1 aliphatic heterocycles. The van der Waals surface area contributed by atoms with E-state index in [1.54, 1.807) is 0 Å². The molecule has 1 fully saturated rings. The Morgan fingerprint density at radius 2 is 1.43 bits per heavy atom. The Bertz CT molecular complexity index is 460. The predicted molar refractivity (Wildman–Crippen MR) is 89.7 cm³/mol. The van der Waals surface area contributed by atoms with Crippen molar-refractivity contribution in [2.24, 2.45) is 0 Å². The third kappa shape index (κ3) is 4.42. The van der Waals surface area contributed by atoms with Crippen LogP contribution in [0.5, 0.6) is 0 Å². The SMILES string of the molecule is N.c1ccc(CC2CCCCN2Cc2ccccc2)cc1. The van der Waals surface area contributed by atoms with Crippen molar-refractivity contribution in [2.75, 3.05) is 6.54 Å². The average molecular weight is 282 g/mol. The van der Waals surface area contributed by atoms with Gasteiger partial charge >= 0.3 is 0 Å². The molecule has 21 heavy (non-hydrogen) atoms. The number of benzene rings is 2. The van der Waals surface area contributed by atoms with Crippen LogP contribution in [0.1, 0.15) is 30.4 Å². The molecule has 0 spiro atoms. The van der Waals surface area contributed by atoms with Crippen LogP contribution < -0.4 is 6.15 Å². The van der Waals surface area contributed by atoms with E-state index in [0.717, 1.165) is 6.54 Å². The summed E-state index contributed by atoms with van der Waals surface area (Å²) in [6.07, 6.45) is 5.25. The van der Waals surface area contributed by atoms with E-state index < -0.39 is 0 Å². The Morgan fingerprint density at radius 1 is 0.810 bits per heavy atom. The number of hydrogen-bond acceptors (Lipinski definition) is 2. The zero-order valence-electron chi connectivity index (χ0n) is 12.7. The lowest BCUT2D eigenvalue weighted by Crippen LogP contribution is -2.40. The quantitative estimate of drug-likeness (QED) is 0.900. The lowest BCUT2D eigenvalue weighted by Gasteiger charge is -2.36. The molecule has 1 atom stereocenters. The van der Waals surface area contributed by atoms with Gasteiger partial charge in [0.05, 0.1) is 0 Å². The van der Waals surface area contributed by atoms with Crippen LogP contribution in [0.15, 0.2) is 60.7 Å². The van der Waals surface area contributed by atoms with E-state index >= 15 is 0 Å². The number of rotatable bonds is 4. The molecule has 3 rings (SSSR count). The van der Waals surface area contributed by atoms with Gasteiger partial charge in [0.25, 0.3) is 0 Å². The van der Waals surface area contributed by atoms with E-state index in [2.05, 4.69) is 65.6 Å². The van der Waals surface area contributed by atoms with Crippen molar-refractivity contribution >= 4 is 0 Å². The van der Waals surface area contributed by atoms with Crippen molar-refractivity contribution in [1.82, 2.24) is 11.1 Å². The highest BCUT2D eigenvalue weighted by atomic mass is 15.2. The summed E-state index contributed by atoms with van der Waals surface area (Å²) in [7, 11) is 0. The Labute approximate surface area is 128 Å². The first-order chi connectivity index (χ1) is 9.92. The van der Waals surface area contributed by atoms with Gasteiger partial charge in [-0.05, 0) is 36.9 Å². The van der Waals surface area contributed by atoms with Gasteiger partial charge in [0.15, 0.2) is 0 Å². The molecule has 3 N–H and O–H groups in total. The first kappa shape index (κ1) is 15.7. The van der Waals surface area contributed by atoms with Crippen molar-refractivity contribution in [3.8, 4) is 0 Å². The fourth-order valence-electron chi connectivity index (χ4n) is 3.20. The highest BCUT2D eigenvalue weighted by molar-refractivity contribution is 5.17. The second-order valence-electron chi connectivity index (χ2n) is 5.80. The standard InChI is InChI=1S/C19H23N.H3N/c1-3-9-17(10-4-1)15-19-13-7-8-14-20(19)16-18-11-5-2-6-12-18;/h1-6,9-12,19H,7-8,13-16H2;1H3. The summed E-state index contributed by atoms with van der Waals surface area (Å²) in [4.78, 5) is 2.67. The molecule has 0 amide bonds. The molecule has 1 unspecified atom stereocenters. The Balaban J connectivity index is 0.00000161. The highest BCUT2D eigenvalue weighted by Crippen LogP contribution is 2.22. The fraction of sp³-hybridized carbons (Fsp3) is 0.368. The average Bonchev–Trinajstić information content (AvgIpc) is 2.51. The summed E-state index contributed by atoms with van der Waals surface area (Å²) >= 11 is 0. The zero-order chi connectivity index (χ0) is 13.6. The molecule has 1 heterocycles. The molecule has 0 aliphatic carbocycles. The monoisotopic (exact) mass is 282 g/mol. The van der Waals surface area contributed by atoms with Crippen molar-refractivity contribution in [2.45, 2.75) is 38.3 Å². The molecule has 2 heteroatoms. The molecule has 1 saturated heterocycles. The maximum Gasteiger partial charge on any atom is 0.0236 e. The van der Waals surface area contributed by atoms with E-state index in [-0.39, 0.29) is 6.15 Å². The van der Waals surface area contributed by atoms with E-state index in [4.69, 9.17) is 0 Å². The van der Waals surface area contributed by atoms with Crippen LogP contribution in [0, 0.1) is 0 Å². The molecular formula is C19H26N2. The van der Waals surface area contributed by atoms with E-state index in [1.165, 1.54) is 43.4 Å². The van der Waals surface area contributed by atoms with Crippen LogP contribution in [-0.2, 0) is 13.0 Å². The molecule has 2 aromatic rings. The smallest absolute Gasteiger partial charge is 0.0236 e. The first-order valence-corrected chi connectivity index (χ1v) is 7.74. The molecule has 0 saturated carbocycles. The van der Waals surface area contributed by atoms with Crippen LogP contribution in [0.2, 0.25) is 0 Å². The van der Waals surface area contributed by atoms with Gasteiger partial charge in [0.2, 0.25) is 0 Å². The minimum atomic E-state index is 0. The lowest BCUT2D eigenvalue weighted by molar-refractivity contribution is 0.139. The molecule has 0 radical (unpaired) electrons. The van der Waals surface area contributed by atoms with Crippen molar-refractivity contribution in [3.63, 3.8) is 0 Å². The Morgan fingerprint density at radius 3 is 2.10 bits per heavy atom. The summed E-state index contributed by atoms with van der Waals surface area (Å²) in [5, 5.41) is 0. The van der Waals surface area contributed by atoms with Gasteiger partial charge in [-0.1, -0.05) is 67.1 Å². The number of hydrogen-bond donors (Lipinski definition) is 1. The summed E-state index contributed by atoms with van der Waals surface area (Å²) in [5.41, 5.74) is 2.91. The highest BCUT2D eigenvalue weighted by Gasteiger charge is 2.22. The Kier molecular flexibility index (Phi) is 5.97. The zero-order valence-corrected chi connectivity index (χ0v) is 12.7. The molecule has 1 aliphatic rings. The van der Waals surface area contributed by atoms with Crippen LogP contribution in [0.25, 0.3) is 0 Å². The van der Waals surface area contributed by atoms with Crippen LogP contribution in [0.3, 0.4) is 0 Å². The summed E-state index contributed by atoms with van der Waals surface area (Å²) in [5.74, 6) is 0. The van der Waals surface area contributed by atoms with Crippen LogP contribution in [0.4, 0.5) is 0 Å². The number of nitrogens with zero attached hydrogens (tertiary/aromatic N) is 1. The molecule has 2 nitrogen and oxygen atoms in total. The van der Waals surface area contributed by atoms with E-state index in [1.807, 2.05) is 0 Å². The molecule has 2 aromatic carbocycles. The largest absolute Gasteiger partial charge is 0.344 e. The van der Waals surface area contributed by atoms with Gasteiger partial charge in [0.1, 0.15) is 0 Å². The number of likely N-dealkylation sites (tertiary alicyclic amines) is 1. The van der Waals surface area contributed by atoms with Gasteiger partial charge in [-0.2, -0.15) is 0 Å². The molecule has 0 aromatic heterocycles. The summed E-state index contributed by atoms with van der Waals surface area (Å²) in [6, 6.07) is 22.5. The van der Waals surface area contributed by atoms with E-state index in [9.17, 15) is 0 Å². The maximum atomic E-state index is 2.67. The normalized spacial score (nSPS) is 19.0.